The maximum atomic E-state index is 13.7. The highest BCUT2D eigenvalue weighted by Crippen LogP contribution is 2.71. The summed E-state index contributed by atoms with van der Waals surface area (Å²) in [5, 5.41) is 0.516. The lowest BCUT2D eigenvalue weighted by Gasteiger charge is -2.48. The molecule has 2 aromatic rings. The van der Waals surface area contributed by atoms with Crippen LogP contribution in [0.15, 0.2) is 47.5 Å². The Morgan fingerprint density at radius 2 is 1.81 bits per heavy atom. The van der Waals surface area contributed by atoms with Crippen LogP contribution >= 0.6 is 11.6 Å². The molecule has 0 unspecified atom stereocenters. The number of pyridine rings is 1. The van der Waals surface area contributed by atoms with Gasteiger partial charge in [0.2, 0.25) is 5.91 Å². The molecule has 1 spiro atoms. The van der Waals surface area contributed by atoms with Crippen LogP contribution in [0.1, 0.15) is 57.4 Å². The van der Waals surface area contributed by atoms with Crippen LogP contribution in [-0.2, 0) is 19.4 Å². The molecule has 31 heavy (non-hydrogen) atoms. The number of halogens is 1. The lowest BCUT2D eigenvalue weighted by atomic mass is 9.68. The van der Waals surface area contributed by atoms with E-state index in [1.165, 1.54) is 0 Å². The second-order valence-corrected chi connectivity index (χ2v) is 12.1. The third-order valence-electron chi connectivity index (χ3n) is 7.50. The van der Waals surface area contributed by atoms with Gasteiger partial charge in [-0.3, -0.25) is 9.69 Å². The molecule has 0 saturated heterocycles. The predicted molar refractivity (Wildman–Crippen MR) is 121 cm³/mol. The van der Waals surface area contributed by atoms with Gasteiger partial charge in [0.25, 0.3) is 0 Å². The van der Waals surface area contributed by atoms with Gasteiger partial charge >= 0.3 is 0 Å². The lowest BCUT2D eigenvalue weighted by Crippen LogP contribution is -2.49. The van der Waals surface area contributed by atoms with Crippen LogP contribution in [0.4, 0.5) is 5.82 Å². The smallest absolute Gasteiger partial charge is 0.231 e. The Labute approximate surface area is 188 Å². The molecule has 1 heterocycles. The van der Waals surface area contributed by atoms with Crippen LogP contribution in [0, 0.1) is 11.3 Å². The lowest BCUT2D eigenvalue weighted by molar-refractivity contribution is -0.124. The summed E-state index contributed by atoms with van der Waals surface area (Å²) in [6.45, 7) is 2.50. The van der Waals surface area contributed by atoms with E-state index in [4.69, 9.17) is 11.6 Å². The molecule has 0 atom stereocenters. The van der Waals surface area contributed by atoms with E-state index in [1.54, 1.807) is 35.4 Å². The second kappa shape index (κ2) is 7.31. The van der Waals surface area contributed by atoms with E-state index in [0.717, 1.165) is 37.7 Å². The molecule has 3 fully saturated rings. The van der Waals surface area contributed by atoms with Crippen LogP contribution in [0.25, 0.3) is 0 Å². The summed E-state index contributed by atoms with van der Waals surface area (Å²) in [6.07, 6.45) is 8.11. The quantitative estimate of drug-likeness (QED) is 0.601. The number of rotatable bonds is 6. The molecule has 0 N–H and O–H groups in total. The molecule has 1 amide bonds. The van der Waals surface area contributed by atoms with Crippen molar-refractivity contribution in [2.45, 2.75) is 61.5 Å². The van der Waals surface area contributed by atoms with E-state index in [-0.39, 0.29) is 17.2 Å². The third kappa shape index (κ3) is 3.30. The van der Waals surface area contributed by atoms with Gasteiger partial charge in [-0.15, -0.1) is 0 Å². The van der Waals surface area contributed by atoms with Crippen LogP contribution in [0.3, 0.4) is 0 Å². The fourth-order valence-electron chi connectivity index (χ4n) is 5.20. The molecule has 5 nitrogen and oxygen atoms in total. The fourth-order valence-corrected chi connectivity index (χ4v) is 7.70. The van der Waals surface area contributed by atoms with E-state index < -0.39 is 14.6 Å². The summed E-state index contributed by atoms with van der Waals surface area (Å²) in [5.41, 5.74) is 0.893. The average Bonchev–Trinajstić information content (AvgIpc) is 3.47. The molecular formula is C24H27ClN2O3S. The van der Waals surface area contributed by atoms with Crippen LogP contribution in [0.5, 0.6) is 0 Å². The molecular weight excluding hydrogens is 432 g/mol. The zero-order valence-electron chi connectivity index (χ0n) is 17.7. The van der Waals surface area contributed by atoms with Crippen molar-refractivity contribution in [1.29, 1.82) is 0 Å². The minimum atomic E-state index is -3.61. The van der Waals surface area contributed by atoms with Gasteiger partial charge in [0, 0.05) is 23.7 Å². The molecule has 5 rings (SSSR count). The number of anilines is 1. The van der Waals surface area contributed by atoms with Gasteiger partial charge in [0.05, 0.1) is 4.90 Å². The van der Waals surface area contributed by atoms with E-state index in [2.05, 4.69) is 4.98 Å². The zero-order valence-corrected chi connectivity index (χ0v) is 19.3. The minimum Gasteiger partial charge on any atom is -0.297 e. The Morgan fingerprint density at radius 3 is 2.29 bits per heavy atom. The zero-order chi connectivity index (χ0) is 21.9. The van der Waals surface area contributed by atoms with Gasteiger partial charge in [-0.2, -0.15) is 0 Å². The molecule has 0 radical (unpaired) electrons. The number of carbonyl (C=O) groups is 1. The number of nitrogens with zero attached hydrogens (tertiary/aromatic N) is 2. The summed E-state index contributed by atoms with van der Waals surface area (Å²) < 4.78 is 26.5. The fraction of sp³-hybridized carbons (Fsp3) is 0.500. The largest absolute Gasteiger partial charge is 0.297 e. The Morgan fingerprint density at radius 1 is 1.13 bits per heavy atom. The van der Waals surface area contributed by atoms with Crippen LogP contribution in [-0.4, -0.2) is 25.9 Å². The maximum Gasteiger partial charge on any atom is 0.231 e. The van der Waals surface area contributed by atoms with Crippen molar-refractivity contribution in [2.24, 2.45) is 11.3 Å². The summed E-state index contributed by atoms with van der Waals surface area (Å²) in [5.74, 6) is 0.820. The first-order chi connectivity index (χ1) is 14.8. The molecule has 3 saturated carbocycles. The number of hydrogen-bond acceptors (Lipinski definition) is 4. The highest BCUT2D eigenvalue weighted by atomic mass is 35.5. The monoisotopic (exact) mass is 458 g/mol. The molecule has 164 valence electrons. The third-order valence-corrected chi connectivity index (χ3v) is 10.2. The van der Waals surface area contributed by atoms with Crippen LogP contribution < -0.4 is 4.90 Å². The van der Waals surface area contributed by atoms with Crippen molar-refractivity contribution in [3.8, 4) is 0 Å². The molecule has 7 heteroatoms. The number of aromatic nitrogens is 1. The molecule has 3 aliphatic carbocycles. The highest BCUT2D eigenvalue weighted by molar-refractivity contribution is 7.92. The number of amides is 1. The topological polar surface area (TPSA) is 67.3 Å². The Bertz CT molecular complexity index is 1100. The Balaban J connectivity index is 1.48. The Kier molecular flexibility index (Phi) is 4.94. The van der Waals surface area contributed by atoms with Crippen LogP contribution in [0.2, 0.25) is 5.02 Å². The molecule has 1 aromatic carbocycles. The van der Waals surface area contributed by atoms with Gasteiger partial charge in [-0.05, 0) is 86.8 Å². The van der Waals surface area contributed by atoms with Crippen molar-refractivity contribution in [2.75, 3.05) is 11.4 Å². The summed E-state index contributed by atoms with van der Waals surface area (Å²) in [6, 6.07) is 10.1. The maximum absolute atomic E-state index is 13.7. The van der Waals surface area contributed by atoms with Gasteiger partial charge in [-0.1, -0.05) is 24.1 Å². The number of hydrogen-bond donors (Lipinski definition) is 0. The van der Waals surface area contributed by atoms with Crippen molar-refractivity contribution in [3.63, 3.8) is 0 Å². The summed E-state index contributed by atoms with van der Waals surface area (Å²) in [7, 11) is -3.61. The van der Waals surface area contributed by atoms with Gasteiger partial charge in [0.15, 0.2) is 9.84 Å². The Hall–Kier alpha value is -1.92. The number of benzene rings is 1. The van der Waals surface area contributed by atoms with Gasteiger partial charge < -0.3 is 0 Å². The van der Waals surface area contributed by atoms with Crippen molar-refractivity contribution < 1.29 is 13.2 Å². The summed E-state index contributed by atoms with van der Waals surface area (Å²) >= 11 is 5.98. The molecule has 0 bridgehead atoms. The second-order valence-electron chi connectivity index (χ2n) is 9.42. The number of sulfone groups is 1. The molecule has 1 aromatic heterocycles. The van der Waals surface area contributed by atoms with E-state index in [1.807, 2.05) is 19.1 Å². The van der Waals surface area contributed by atoms with Crippen molar-refractivity contribution in [1.82, 2.24) is 4.98 Å². The molecule has 0 aliphatic heterocycles. The van der Waals surface area contributed by atoms with Crippen molar-refractivity contribution in [3.05, 3.63) is 53.2 Å². The predicted octanol–water partition coefficient (Wildman–Crippen LogP) is 5.13. The number of carbonyl (C=O) groups excluding carboxylic acids is 1. The van der Waals surface area contributed by atoms with E-state index in [9.17, 15) is 13.2 Å². The highest BCUT2D eigenvalue weighted by Gasteiger charge is 2.67. The SMILES string of the molecule is CCN(C(=O)C1CCC1)c1ccc(C2(S(=O)(=O)c3ccc(Cl)cc3)CC3(CC3)C2)cn1. The molecule has 3 aliphatic rings. The van der Waals surface area contributed by atoms with Gasteiger partial charge in [0.1, 0.15) is 10.6 Å². The minimum absolute atomic E-state index is 0.0967. The van der Waals surface area contributed by atoms with Gasteiger partial charge in [-0.25, -0.2) is 13.4 Å². The first-order valence-corrected chi connectivity index (χ1v) is 12.9. The first-order valence-electron chi connectivity index (χ1n) is 11.1. The van der Waals surface area contributed by atoms with E-state index >= 15 is 0 Å². The van der Waals surface area contributed by atoms with Crippen molar-refractivity contribution >= 4 is 33.2 Å². The van der Waals surface area contributed by atoms with E-state index in [0.29, 0.717) is 35.1 Å². The standard InChI is InChI=1S/C24H27ClN2O3S/c1-2-27(22(28)17-4-3-5-17)21-11-6-18(14-26-21)24(15-23(16-24)12-13-23)31(29,30)20-9-7-19(25)8-10-20/h6-11,14,17H,2-5,12-13,15-16H2,1H3. The average molecular weight is 459 g/mol. The summed E-state index contributed by atoms with van der Waals surface area (Å²) in [4.78, 5) is 19.3. The first kappa shape index (κ1) is 21.0. The normalized spacial score (nSPS) is 21.2.